The number of aryl methyl sites for hydroxylation is 1. The Hall–Kier alpha value is -1.51. The number of nitrogens with one attached hydrogen (secondary N) is 1. The Kier molecular flexibility index (Phi) is 3.31. The number of rotatable bonds is 3. The van der Waals surface area contributed by atoms with E-state index in [1.807, 2.05) is 18.2 Å². The highest BCUT2D eigenvalue weighted by molar-refractivity contribution is 5.69. The van der Waals surface area contributed by atoms with E-state index in [-0.39, 0.29) is 5.97 Å². The highest BCUT2D eigenvalue weighted by Gasteiger charge is 2.03. The molecule has 0 unspecified atom stereocenters. The fourth-order valence-corrected chi connectivity index (χ4v) is 1.08. The van der Waals surface area contributed by atoms with Crippen molar-refractivity contribution in [1.82, 2.24) is 5.73 Å². The number of methoxy groups -OCH3 is 1. The molecule has 0 atom stereocenters. The van der Waals surface area contributed by atoms with Crippen molar-refractivity contribution in [3.8, 4) is 0 Å². The van der Waals surface area contributed by atoms with Gasteiger partial charge in [-0.05, 0) is 18.1 Å². The van der Waals surface area contributed by atoms with E-state index in [4.69, 9.17) is 5.73 Å². The predicted octanol–water partition coefficient (Wildman–Crippen LogP) is 1.71. The maximum Gasteiger partial charge on any atom is 0.305 e. The average Bonchev–Trinajstić information content (AvgIpc) is 2.16. The first-order valence-electron chi connectivity index (χ1n) is 4.10. The Morgan fingerprint density at radius 2 is 2.15 bits per heavy atom. The van der Waals surface area contributed by atoms with E-state index in [1.54, 1.807) is 6.07 Å². The molecule has 69 valence electrons. The molecule has 0 amide bonds. The molecule has 1 rings (SSSR count). The van der Waals surface area contributed by atoms with Gasteiger partial charge in [0.15, 0.2) is 0 Å². The molecule has 0 aliphatic heterocycles. The zero-order valence-corrected chi connectivity index (χ0v) is 7.54. The van der Waals surface area contributed by atoms with Crippen LogP contribution in [-0.2, 0) is 16.0 Å². The van der Waals surface area contributed by atoms with Crippen LogP contribution in [-0.4, -0.2) is 13.1 Å². The van der Waals surface area contributed by atoms with E-state index in [1.165, 1.54) is 7.11 Å². The lowest BCUT2D eigenvalue weighted by atomic mass is 10.1. The summed E-state index contributed by atoms with van der Waals surface area (Å²) in [6, 6.07) is 7.24. The molecule has 1 aromatic carbocycles. The minimum atomic E-state index is -0.233. The van der Waals surface area contributed by atoms with Gasteiger partial charge in [0.2, 0.25) is 0 Å². The molecule has 0 saturated heterocycles. The molecule has 3 nitrogen and oxygen atoms in total. The van der Waals surface area contributed by atoms with Crippen LogP contribution in [0, 0.1) is 0 Å². The number of hydrogen-bond acceptors (Lipinski definition) is 2. The standard InChI is InChI=1S/C10H12NO2/c1-13-10(12)7-6-8-4-2-3-5-9(8)11/h2-5,11H,6-7H2,1H3. The molecule has 13 heavy (non-hydrogen) atoms. The Morgan fingerprint density at radius 3 is 2.77 bits per heavy atom. The second-order valence-corrected chi connectivity index (χ2v) is 2.73. The summed E-state index contributed by atoms with van der Waals surface area (Å²) >= 11 is 0. The molecule has 0 bridgehead atoms. The van der Waals surface area contributed by atoms with Gasteiger partial charge in [0, 0.05) is 6.42 Å². The molecule has 1 aromatic rings. The second-order valence-electron chi connectivity index (χ2n) is 2.73. The third kappa shape index (κ3) is 2.78. The van der Waals surface area contributed by atoms with E-state index in [9.17, 15) is 4.79 Å². The van der Waals surface area contributed by atoms with Crippen LogP contribution in [0.3, 0.4) is 0 Å². The van der Waals surface area contributed by atoms with Crippen LogP contribution in [0.4, 0.5) is 5.69 Å². The van der Waals surface area contributed by atoms with Gasteiger partial charge in [-0.15, -0.1) is 0 Å². The first-order valence-corrected chi connectivity index (χ1v) is 4.10. The van der Waals surface area contributed by atoms with Gasteiger partial charge in [-0.3, -0.25) is 4.79 Å². The normalized spacial score (nSPS) is 9.62. The van der Waals surface area contributed by atoms with Gasteiger partial charge in [0.1, 0.15) is 0 Å². The van der Waals surface area contributed by atoms with E-state index < -0.39 is 0 Å². The summed E-state index contributed by atoms with van der Waals surface area (Å²) in [6.07, 6.45) is 0.915. The maximum atomic E-state index is 10.8. The molecule has 0 spiro atoms. The fourth-order valence-electron chi connectivity index (χ4n) is 1.08. The minimum Gasteiger partial charge on any atom is -0.469 e. The molecule has 0 heterocycles. The Bertz CT molecular complexity index is 297. The summed E-state index contributed by atoms with van der Waals surface area (Å²) in [5, 5.41) is 0. The number of hydrogen-bond donors (Lipinski definition) is 0. The van der Waals surface area contributed by atoms with Crippen molar-refractivity contribution in [3.63, 3.8) is 0 Å². The smallest absolute Gasteiger partial charge is 0.305 e. The van der Waals surface area contributed by atoms with Gasteiger partial charge in [-0.2, -0.15) is 0 Å². The number of esters is 1. The van der Waals surface area contributed by atoms with Gasteiger partial charge < -0.3 is 10.5 Å². The summed E-state index contributed by atoms with van der Waals surface area (Å²) in [4.78, 5) is 10.8. The van der Waals surface area contributed by atoms with E-state index in [0.29, 0.717) is 18.5 Å². The SMILES string of the molecule is COC(=O)CCc1ccccc1[NH]. The van der Waals surface area contributed by atoms with Crippen LogP contribution < -0.4 is 5.73 Å². The van der Waals surface area contributed by atoms with Gasteiger partial charge in [0.05, 0.1) is 12.8 Å². The lowest BCUT2D eigenvalue weighted by Gasteiger charge is -2.02. The van der Waals surface area contributed by atoms with Crippen LogP contribution in [0.25, 0.3) is 0 Å². The van der Waals surface area contributed by atoms with Gasteiger partial charge in [-0.1, -0.05) is 18.2 Å². The summed E-state index contributed by atoms with van der Waals surface area (Å²) in [7, 11) is 1.37. The van der Waals surface area contributed by atoms with Crippen molar-refractivity contribution in [3.05, 3.63) is 29.8 Å². The molecular weight excluding hydrogens is 166 g/mol. The maximum absolute atomic E-state index is 10.8. The Morgan fingerprint density at radius 1 is 1.46 bits per heavy atom. The van der Waals surface area contributed by atoms with Crippen molar-refractivity contribution >= 4 is 11.7 Å². The Balaban J connectivity index is 2.54. The lowest BCUT2D eigenvalue weighted by molar-refractivity contribution is -0.140. The molecule has 3 heteroatoms. The van der Waals surface area contributed by atoms with Crippen molar-refractivity contribution in [2.45, 2.75) is 12.8 Å². The summed E-state index contributed by atoms with van der Waals surface area (Å²) in [5.41, 5.74) is 8.88. The first-order chi connectivity index (χ1) is 6.24. The third-order valence-electron chi connectivity index (χ3n) is 1.84. The molecule has 1 N–H and O–H groups in total. The predicted molar refractivity (Wildman–Crippen MR) is 49.5 cm³/mol. The lowest BCUT2D eigenvalue weighted by Crippen LogP contribution is -2.02. The van der Waals surface area contributed by atoms with Crippen molar-refractivity contribution < 1.29 is 9.53 Å². The van der Waals surface area contributed by atoms with E-state index in [0.717, 1.165) is 5.56 Å². The van der Waals surface area contributed by atoms with E-state index >= 15 is 0 Å². The molecule has 0 aliphatic carbocycles. The highest BCUT2D eigenvalue weighted by Crippen LogP contribution is 2.14. The first kappa shape index (κ1) is 9.58. The fraction of sp³-hybridized carbons (Fsp3) is 0.300. The zero-order chi connectivity index (χ0) is 9.68. The van der Waals surface area contributed by atoms with Crippen molar-refractivity contribution in [2.24, 2.45) is 0 Å². The summed E-state index contributed by atoms with van der Waals surface area (Å²) in [5.74, 6) is -0.233. The molecular formula is C10H12NO2. The number of carbonyl (C=O) groups excluding carboxylic acids is 1. The molecule has 1 radical (unpaired) electrons. The number of carbonyl (C=O) groups is 1. The highest BCUT2D eigenvalue weighted by atomic mass is 16.5. The largest absolute Gasteiger partial charge is 0.469 e. The third-order valence-corrected chi connectivity index (χ3v) is 1.84. The van der Waals surface area contributed by atoms with Crippen LogP contribution in [0.5, 0.6) is 0 Å². The molecule has 0 saturated carbocycles. The van der Waals surface area contributed by atoms with Gasteiger partial charge in [-0.25, -0.2) is 0 Å². The van der Waals surface area contributed by atoms with Gasteiger partial charge >= 0.3 is 5.97 Å². The molecule has 0 fully saturated rings. The monoisotopic (exact) mass is 178 g/mol. The van der Waals surface area contributed by atoms with Crippen LogP contribution in [0.15, 0.2) is 24.3 Å². The average molecular weight is 178 g/mol. The quantitative estimate of drug-likeness (QED) is 0.661. The topological polar surface area (TPSA) is 50.1 Å². The number of benzene rings is 1. The van der Waals surface area contributed by atoms with Gasteiger partial charge in [0.25, 0.3) is 0 Å². The zero-order valence-electron chi connectivity index (χ0n) is 7.54. The van der Waals surface area contributed by atoms with Crippen molar-refractivity contribution in [2.75, 3.05) is 7.11 Å². The second kappa shape index (κ2) is 4.50. The minimum absolute atomic E-state index is 0.233. The van der Waals surface area contributed by atoms with E-state index in [2.05, 4.69) is 4.74 Å². The molecule has 0 aliphatic rings. The summed E-state index contributed by atoms with van der Waals surface area (Å²) < 4.78 is 4.51. The summed E-state index contributed by atoms with van der Waals surface area (Å²) in [6.45, 7) is 0. The Labute approximate surface area is 77.5 Å². The van der Waals surface area contributed by atoms with Crippen LogP contribution >= 0.6 is 0 Å². The van der Waals surface area contributed by atoms with Crippen LogP contribution in [0.2, 0.25) is 0 Å². The molecule has 0 aromatic heterocycles. The van der Waals surface area contributed by atoms with Crippen LogP contribution in [0.1, 0.15) is 12.0 Å². The number of ether oxygens (including phenoxy) is 1. The van der Waals surface area contributed by atoms with Crippen molar-refractivity contribution in [1.29, 1.82) is 0 Å².